The van der Waals surface area contributed by atoms with Crippen LogP contribution >= 0.6 is 11.1 Å². The van der Waals surface area contributed by atoms with Gasteiger partial charge in [-0.1, -0.05) is 75.0 Å². The molecule has 2 heteroatoms. The van der Waals surface area contributed by atoms with E-state index in [1.54, 1.807) is 0 Å². The van der Waals surface area contributed by atoms with Crippen LogP contribution in [0.25, 0.3) is 0 Å². The van der Waals surface area contributed by atoms with E-state index >= 15 is 0 Å². The Morgan fingerprint density at radius 2 is 1.76 bits per heavy atom. The Hall–Kier alpha value is -0.0131. The highest BCUT2D eigenvalue weighted by Crippen LogP contribution is 2.30. The molecule has 1 rings (SSSR count). The van der Waals surface area contributed by atoms with Gasteiger partial charge in [0.15, 0.2) is 7.38 Å². The fourth-order valence-corrected chi connectivity index (χ4v) is 3.79. The summed E-state index contributed by atoms with van der Waals surface area (Å²) in [5, 5.41) is 1.51. The maximum absolute atomic E-state index is 6.46. The van der Waals surface area contributed by atoms with Gasteiger partial charge in [-0.05, 0) is 19.3 Å². The molecule has 0 aromatic carbocycles. The smallest absolute Gasteiger partial charge is 0.162 e. The summed E-state index contributed by atoms with van der Waals surface area (Å²) in [6.45, 7) is 6.72. The number of unbranched alkanes of at least 4 members (excludes halogenated alkanes) is 5. The Morgan fingerprint density at radius 3 is 2.35 bits per heavy atom. The highest BCUT2D eigenvalue weighted by atomic mass is 35.6. The number of hydrogen-bond acceptors (Lipinski definition) is 0. The van der Waals surface area contributed by atoms with Gasteiger partial charge in [-0.25, -0.2) is 0 Å². The van der Waals surface area contributed by atoms with Gasteiger partial charge in [0.1, 0.15) is 0 Å². The van der Waals surface area contributed by atoms with E-state index in [-0.39, 0.29) is 0 Å². The summed E-state index contributed by atoms with van der Waals surface area (Å²) < 4.78 is 0. The van der Waals surface area contributed by atoms with Crippen LogP contribution in [0.5, 0.6) is 0 Å². The standard InChI is InChI=1S/C15H27ClSi/c1-4-5-6-7-8-9-10-14-11-12-15(13-14)17(2,3)16/h11,13H,4-10,12H2,1-3H3. The van der Waals surface area contributed by atoms with Crippen LogP contribution in [0.1, 0.15) is 58.3 Å². The molecular weight excluding hydrogens is 244 g/mol. The van der Waals surface area contributed by atoms with Crippen molar-refractivity contribution >= 4 is 18.5 Å². The van der Waals surface area contributed by atoms with Gasteiger partial charge in [0, 0.05) is 0 Å². The van der Waals surface area contributed by atoms with Crippen molar-refractivity contribution in [2.75, 3.05) is 0 Å². The molecule has 0 saturated heterocycles. The van der Waals surface area contributed by atoms with Gasteiger partial charge < -0.3 is 0 Å². The molecular formula is C15H27ClSi. The second kappa shape index (κ2) is 7.43. The quantitative estimate of drug-likeness (QED) is 0.289. The van der Waals surface area contributed by atoms with Crippen molar-refractivity contribution in [1.29, 1.82) is 0 Å². The van der Waals surface area contributed by atoms with E-state index in [0.717, 1.165) is 6.42 Å². The Labute approximate surface area is 113 Å². The summed E-state index contributed by atoms with van der Waals surface area (Å²) in [5.41, 5.74) is 1.54. The van der Waals surface area contributed by atoms with Crippen molar-refractivity contribution in [2.45, 2.75) is 71.4 Å². The second-order valence-corrected chi connectivity index (χ2v) is 12.1. The van der Waals surface area contributed by atoms with Gasteiger partial charge in [0.25, 0.3) is 0 Å². The molecule has 0 saturated carbocycles. The van der Waals surface area contributed by atoms with Gasteiger partial charge in [-0.2, -0.15) is 11.1 Å². The third-order valence-electron chi connectivity index (χ3n) is 3.53. The van der Waals surface area contributed by atoms with Gasteiger partial charge >= 0.3 is 0 Å². The number of rotatable bonds is 8. The third-order valence-corrected chi connectivity index (χ3v) is 6.13. The van der Waals surface area contributed by atoms with Crippen LogP contribution in [0.4, 0.5) is 0 Å². The van der Waals surface area contributed by atoms with Crippen LogP contribution in [-0.2, 0) is 0 Å². The van der Waals surface area contributed by atoms with Gasteiger partial charge in [0.2, 0.25) is 0 Å². The number of halogens is 1. The largest absolute Gasteiger partial charge is 0.177 e. The SMILES string of the molecule is CCCCCCCCC1=CCC([Si](C)(C)Cl)=C1. The summed E-state index contributed by atoms with van der Waals surface area (Å²) in [6.07, 6.45) is 15.5. The minimum atomic E-state index is -1.55. The summed E-state index contributed by atoms with van der Waals surface area (Å²) in [5.74, 6) is 0. The van der Waals surface area contributed by atoms with Crippen LogP contribution in [0.15, 0.2) is 22.9 Å². The van der Waals surface area contributed by atoms with E-state index < -0.39 is 7.38 Å². The van der Waals surface area contributed by atoms with E-state index in [0.29, 0.717) is 0 Å². The zero-order valence-corrected chi connectivity index (χ0v) is 13.4. The van der Waals surface area contributed by atoms with Gasteiger partial charge in [0.05, 0.1) is 0 Å². The summed E-state index contributed by atoms with van der Waals surface area (Å²) in [6, 6.07) is 0. The maximum Gasteiger partial charge on any atom is 0.177 e. The lowest BCUT2D eigenvalue weighted by atomic mass is 10.1. The minimum Gasteiger partial charge on any atom is -0.162 e. The molecule has 1 aliphatic rings. The van der Waals surface area contributed by atoms with Crippen LogP contribution in [0, 0.1) is 0 Å². The normalized spacial score (nSPS) is 16.0. The molecule has 0 fully saturated rings. The molecule has 0 aliphatic heterocycles. The minimum absolute atomic E-state index is 1.12. The molecule has 0 unspecified atom stereocenters. The highest BCUT2D eigenvalue weighted by Gasteiger charge is 2.24. The van der Waals surface area contributed by atoms with E-state index in [2.05, 4.69) is 32.2 Å². The molecule has 0 heterocycles. The predicted molar refractivity (Wildman–Crippen MR) is 82.1 cm³/mol. The molecule has 0 radical (unpaired) electrons. The maximum atomic E-state index is 6.46. The van der Waals surface area contributed by atoms with E-state index in [9.17, 15) is 0 Å². The fraction of sp³-hybridized carbons (Fsp3) is 0.733. The second-order valence-electron chi connectivity index (χ2n) is 5.64. The van der Waals surface area contributed by atoms with Crippen LogP contribution < -0.4 is 0 Å². The van der Waals surface area contributed by atoms with Crippen molar-refractivity contribution in [3.05, 3.63) is 22.9 Å². The molecule has 0 spiro atoms. The van der Waals surface area contributed by atoms with E-state index in [1.165, 1.54) is 55.7 Å². The molecule has 0 aromatic heterocycles. The molecule has 98 valence electrons. The monoisotopic (exact) mass is 270 g/mol. The molecule has 0 aromatic rings. The highest BCUT2D eigenvalue weighted by molar-refractivity contribution is 7.23. The van der Waals surface area contributed by atoms with Crippen molar-refractivity contribution in [2.24, 2.45) is 0 Å². The molecule has 0 N–H and O–H groups in total. The van der Waals surface area contributed by atoms with E-state index in [4.69, 9.17) is 11.1 Å². The zero-order valence-electron chi connectivity index (χ0n) is 11.7. The van der Waals surface area contributed by atoms with Crippen molar-refractivity contribution in [1.82, 2.24) is 0 Å². The molecule has 1 aliphatic carbocycles. The lowest BCUT2D eigenvalue weighted by molar-refractivity contribution is 0.608. The van der Waals surface area contributed by atoms with Gasteiger partial charge in [-0.15, -0.1) is 0 Å². The van der Waals surface area contributed by atoms with Crippen LogP contribution in [-0.4, -0.2) is 7.38 Å². The molecule has 17 heavy (non-hydrogen) atoms. The third kappa shape index (κ3) is 5.92. The average molecular weight is 271 g/mol. The Kier molecular flexibility index (Phi) is 6.57. The number of allylic oxidation sites excluding steroid dienone is 4. The number of hydrogen-bond donors (Lipinski definition) is 0. The Balaban J connectivity index is 2.15. The Bertz CT molecular complexity index is 284. The predicted octanol–water partition coefficient (Wildman–Crippen LogP) is 5.98. The van der Waals surface area contributed by atoms with Crippen LogP contribution in [0.3, 0.4) is 0 Å². The summed E-state index contributed by atoms with van der Waals surface area (Å²) in [7, 11) is -1.55. The first-order valence-corrected chi connectivity index (χ1v) is 11.1. The van der Waals surface area contributed by atoms with Crippen molar-refractivity contribution < 1.29 is 0 Å². The summed E-state index contributed by atoms with van der Waals surface area (Å²) in [4.78, 5) is 0. The van der Waals surface area contributed by atoms with Crippen molar-refractivity contribution in [3.8, 4) is 0 Å². The lowest BCUT2D eigenvalue weighted by Gasteiger charge is -2.13. The van der Waals surface area contributed by atoms with E-state index in [1.807, 2.05) is 0 Å². The molecule has 0 nitrogen and oxygen atoms in total. The van der Waals surface area contributed by atoms with Crippen molar-refractivity contribution in [3.63, 3.8) is 0 Å². The Morgan fingerprint density at radius 1 is 1.12 bits per heavy atom. The topological polar surface area (TPSA) is 0 Å². The first-order chi connectivity index (χ1) is 8.04. The summed E-state index contributed by atoms with van der Waals surface area (Å²) >= 11 is 6.46. The fourth-order valence-electron chi connectivity index (χ4n) is 2.28. The first-order valence-electron chi connectivity index (χ1n) is 7.13. The lowest BCUT2D eigenvalue weighted by Crippen LogP contribution is -2.19. The van der Waals surface area contributed by atoms with Gasteiger partial charge in [-0.3, -0.25) is 0 Å². The van der Waals surface area contributed by atoms with Crippen LogP contribution in [0.2, 0.25) is 13.1 Å². The first kappa shape index (κ1) is 15.0. The molecule has 0 bridgehead atoms. The molecule has 0 amide bonds. The molecule has 0 atom stereocenters. The average Bonchev–Trinajstić information content (AvgIpc) is 2.71. The zero-order chi connectivity index (χ0) is 12.7.